The van der Waals surface area contributed by atoms with Crippen LogP contribution in [0.25, 0.3) is 11.4 Å². The Kier molecular flexibility index (Phi) is 5.27. The maximum Gasteiger partial charge on any atom is 0.417 e. The number of hydrogen-bond donors (Lipinski definition) is 2. The summed E-state index contributed by atoms with van der Waals surface area (Å²) in [4.78, 5) is 35.3. The van der Waals surface area contributed by atoms with Gasteiger partial charge in [0, 0.05) is 30.0 Å². The van der Waals surface area contributed by atoms with Crippen LogP contribution in [0.3, 0.4) is 0 Å². The summed E-state index contributed by atoms with van der Waals surface area (Å²) in [5, 5.41) is 3.37. The van der Waals surface area contributed by atoms with E-state index >= 15 is 0 Å². The van der Waals surface area contributed by atoms with Crippen molar-refractivity contribution in [1.29, 1.82) is 0 Å². The number of fused-ring (bicyclic) bond motifs is 1. The molecule has 1 unspecified atom stereocenters. The molecule has 0 aliphatic carbocycles. The molecule has 1 aliphatic rings. The largest absolute Gasteiger partial charge is 0.443 e. The molecule has 4 rings (SSSR count). The van der Waals surface area contributed by atoms with E-state index in [1.807, 2.05) is 55.5 Å². The molecule has 1 aromatic carbocycles. The summed E-state index contributed by atoms with van der Waals surface area (Å²) in [5.74, 6) is -0.479. The van der Waals surface area contributed by atoms with E-state index in [1.165, 1.54) is 4.90 Å². The molecule has 31 heavy (non-hydrogen) atoms. The highest BCUT2D eigenvalue weighted by molar-refractivity contribution is 6.11. The molecule has 0 saturated heterocycles. The van der Waals surface area contributed by atoms with Crippen LogP contribution in [0.15, 0.2) is 54.7 Å². The van der Waals surface area contributed by atoms with Gasteiger partial charge in [0.2, 0.25) is 0 Å². The molecule has 3 aromatic rings. The minimum Gasteiger partial charge on any atom is -0.443 e. The number of anilines is 2. The van der Waals surface area contributed by atoms with Gasteiger partial charge >= 0.3 is 6.09 Å². The molecular formula is C24H26N4O3. The molecule has 2 amide bonds. The van der Waals surface area contributed by atoms with E-state index in [1.54, 1.807) is 27.0 Å². The molecule has 0 radical (unpaired) electrons. The third-order valence-corrected chi connectivity index (χ3v) is 5.02. The predicted molar refractivity (Wildman–Crippen MR) is 119 cm³/mol. The standard InChI is InChI=1S/C24H26N4O3/c1-15-14-28(23(30)31-24(2,3)4)22(29)18-19(15)27-20(17-12-8-9-13-25-17)21(18)26-16-10-6-5-7-11-16/h5-13,15,26-27H,14H2,1-4H3. The van der Waals surface area contributed by atoms with Gasteiger partial charge in [0.15, 0.2) is 0 Å². The maximum absolute atomic E-state index is 13.5. The second kappa shape index (κ2) is 7.91. The number of pyridine rings is 1. The van der Waals surface area contributed by atoms with Gasteiger partial charge in [0.25, 0.3) is 5.91 Å². The van der Waals surface area contributed by atoms with E-state index in [4.69, 9.17) is 4.74 Å². The molecule has 0 fully saturated rings. The van der Waals surface area contributed by atoms with Gasteiger partial charge in [-0.2, -0.15) is 0 Å². The number of ether oxygens (including phenoxy) is 1. The Morgan fingerprint density at radius 3 is 2.52 bits per heavy atom. The molecule has 2 N–H and O–H groups in total. The summed E-state index contributed by atoms with van der Waals surface area (Å²) in [6, 6.07) is 15.2. The molecular weight excluding hydrogens is 392 g/mol. The Balaban J connectivity index is 1.82. The lowest BCUT2D eigenvalue weighted by molar-refractivity contribution is 0.0221. The van der Waals surface area contributed by atoms with Crippen molar-refractivity contribution in [3.63, 3.8) is 0 Å². The van der Waals surface area contributed by atoms with Crippen LogP contribution in [0.4, 0.5) is 16.2 Å². The minimum absolute atomic E-state index is 0.0889. The third kappa shape index (κ3) is 4.17. The fourth-order valence-corrected chi connectivity index (χ4v) is 3.66. The number of H-pyrrole nitrogens is 1. The first kappa shape index (κ1) is 20.7. The second-order valence-electron chi connectivity index (χ2n) is 8.67. The first-order valence-electron chi connectivity index (χ1n) is 10.3. The summed E-state index contributed by atoms with van der Waals surface area (Å²) in [7, 11) is 0. The van der Waals surface area contributed by atoms with Crippen molar-refractivity contribution in [2.75, 3.05) is 11.9 Å². The van der Waals surface area contributed by atoms with Crippen molar-refractivity contribution >= 4 is 23.4 Å². The van der Waals surface area contributed by atoms with Crippen molar-refractivity contribution in [3.8, 4) is 11.4 Å². The summed E-state index contributed by atoms with van der Waals surface area (Å²) in [6.07, 6.45) is 1.07. The molecule has 2 aromatic heterocycles. The highest BCUT2D eigenvalue weighted by Gasteiger charge is 2.39. The number of carbonyl (C=O) groups excluding carboxylic acids is 2. The van der Waals surface area contributed by atoms with Gasteiger partial charge < -0.3 is 15.0 Å². The molecule has 1 atom stereocenters. The molecule has 1 aliphatic heterocycles. The fraction of sp³-hybridized carbons (Fsp3) is 0.292. The number of benzene rings is 1. The van der Waals surface area contributed by atoms with Crippen LogP contribution >= 0.6 is 0 Å². The number of carbonyl (C=O) groups is 2. The Labute approximate surface area is 181 Å². The lowest BCUT2D eigenvalue weighted by atomic mass is 9.96. The van der Waals surface area contributed by atoms with E-state index in [-0.39, 0.29) is 18.4 Å². The van der Waals surface area contributed by atoms with Crippen molar-refractivity contribution in [2.45, 2.75) is 39.2 Å². The maximum atomic E-state index is 13.5. The number of nitrogens with one attached hydrogen (secondary N) is 2. The number of para-hydroxylation sites is 1. The lowest BCUT2D eigenvalue weighted by Crippen LogP contribution is -2.45. The highest BCUT2D eigenvalue weighted by atomic mass is 16.6. The molecule has 0 bridgehead atoms. The van der Waals surface area contributed by atoms with Crippen molar-refractivity contribution in [3.05, 3.63) is 66.0 Å². The van der Waals surface area contributed by atoms with Gasteiger partial charge in [-0.1, -0.05) is 31.2 Å². The summed E-state index contributed by atoms with van der Waals surface area (Å²) in [6.45, 7) is 7.57. The average Bonchev–Trinajstić information content (AvgIpc) is 3.11. The van der Waals surface area contributed by atoms with Crippen LogP contribution in [0.5, 0.6) is 0 Å². The number of aromatic nitrogens is 2. The number of aromatic amines is 1. The van der Waals surface area contributed by atoms with E-state index in [2.05, 4.69) is 15.3 Å². The fourth-order valence-electron chi connectivity index (χ4n) is 3.66. The summed E-state index contributed by atoms with van der Waals surface area (Å²) in [5.41, 5.74) is 3.38. The molecule has 7 nitrogen and oxygen atoms in total. The van der Waals surface area contributed by atoms with Crippen LogP contribution in [0.1, 0.15) is 49.7 Å². The Bertz CT molecular complexity index is 1100. The highest BCUT2D eigenvalue weighted by Crippen LogP contribution is 2.40. The monoisotopic (exact) mass is 418 g/mol. The zero-order valence-electron chi connectivity index (χ0n) is 18.1. The summed E-state index contributed by atoms with van der Waals surface area (Å²) < 4.78 is 5.48. The number of rotatable bonds is 3. The van der Waals surface area contributed by atoms with E-state index in [0.717, 1.165) is 11.4 Å². The van der Waals surface area contributed by atoms with Gasteiger partial charge in [0.05, 0.1) is 22.6 Å². The molecule has 3 heterocycles. The van der Waals surface area contributed by atoms with Crippen LogP contribution < -0.4 is 5.32 Å². The Morgan fingerprint density at radius 2 is 1.87 bits per heavy atom. The van der Waals surface area contributed by atoms with E-state index < -0.39 is 11.7 Å². The van der Waals surface area contributed by atoms with Crippen molar-refractivity contribution in [2.24, 2.45) is 0 Å². The number of hydrogen-bond acceptors (Lipinski definition) is 5. The Hall–Kier alpha value is -3.61. The minimum atomic E-state index is -0.691. The second-order valence-corrected chi connectivity index (χ2v) is 8.67. The summed E-state index contributed by atoms with van der Waals surface area (Å²) >= 11 is 0. The normalized spacial score (nSPS) is 16.1. The van der Waals surface area contributed by atoms with Gasteiger partial charge in [-0.3, -0.25) is 9.78 Å². The molecule has 160 valence electrons. The van der Waals surface area contributed by atoms with Gasteiger partial charge in [-0.05, 0) is 45.0 Å². The smallest absolute Gasteiger partial charge is 0.417 e. The number of imide groups is 1. The zero-order valence-corrected chi connectivity index (χ0v) is 18.1. The zero-order chi connectivity index (χ0) is 22.2. The van der Waals surface area contributed by atoms with Gasteiger partial charge in [-0.15, -0.1) is 0 Å². The van der Waals surface area contributed by atoms with Crippen LogP contribution in [-0.4, -0.2) is 39.0 Å². The van der Waals surface area contributed by atoms with Crippen molar-refractivity contribution < 1.29 is 14.3 Å². The molecule has 0 spiro atoms. The predicted octanol–water partition coefficient (Wildman–Crippen LogP) is 5.31. The quantitative estimate of drug-likeness (QED) is 0.601. The van der Waals surface area contributed by atoms with E-state index in [9.17, 15) is 9.59 Å². The molecule has 7 heteroatoms. The van der Waals surface area contributed by atoms with Crippen LogP contribution in [0, 0.1) is 0 Å². The van der Waals surface area contributed by atoms with Gasteiger partial charge in [0.1, 0.15) is 5.60 Å². The van der Waals surface area contributed by atoms with E-state index in [0.29, 0.717) is 22.6 Å². The lowest BCUT2D eigenvalue weighted by Gasteiger charge is -2.31. The van der Waals surface area contributed by atoms with Crippen LogP contribution in [0.2, 0.25) is 0 Å². The molecule has 0 saturated carbocycles. The SMILES string of the molecule is CC1CN(C(=O)OC(C)(C)C)C(=O)c2c1[nH]c(-c1ccccn1)c2Nc1ccccc1. The topological polar surface area (TPSA) is 87.3 Å². The number of nitrogens with zero attached hydrogens (tertiary/aromatic N) is 2. The average molecular weight is 418 g/mol. The van der Waals surface area contributed by atoms with Gasteiger partial charge in [-0.25, -0.2) is 9.69 Å². The third-order valence-electron chi connectivity index (χ3n) is 5.02. The Morgan fingerprint density at radius 1 is 1.16 bits per heavy atom. The van der Waals surface area contributed by atoms with Crippen LogP contribution in [-0.2, 0) is 4.74 Å². The first-order valence-corrected chi connectivity index (χ1v) is 10.3. The van der Waals surface area contributed by atoms with Crippen molar-refractivity contribution in [1.82, 2.24) is 14.9 Å². The first-order chi connectivity index (χ1) is 14.7. The number of amides is 2.